The van der Waals surface area contributed by atoms with E-state index in [4.69, 9.17) is 0 Å². The quantitative estimate of drug-likeness (QED) is 0.668. The number of amides is 2. The molecule has 0 bridgehead atoms. The van der Waals surface area contributed by atoms with Crippen LogP contribution < -0.4 is 10.9 Å². The van der Waals surface area contributed by atoms with Gasteiger partial charge in [0.1, 0.15) is 0 Å². The van der Waals surface area contributed by atoms with Gasteiger partial charge < -0.3 is 4.57 Å². The molecule has 90 valence electrons. The zero-order chi connectivity index (χ0) is 12.3. The van der Waals surface area contributed by atoms with Crippen LogP contribution in [0.25, 0.3) is 0 Å². The number of hydrogen-bond acceptors (Lipinski definition) is 4. The van der Waals surface area contributed by atoms with Crippen LogP contribution in [0, 0.1) is 0 Å². The molecule has 1 aromatic heterocycles. The first-order chi connectivity index (χ1) is 8.18. The third-order valence-corrected chi connectivity index (χ3v) is 2.62. The van der Waals surface area contributed by atoms with Gasteiger partial charge in [-0.1, -0.05) is 6.07 Å². The summed E-state index contributed by atoms with van der Waals surface area (Å²) >= 11 is 0. The summed E-state index contributed by atoms with van der Waals surface area (Å²) in [7, 11) is 0. The molecule has 2 rings (SSSR count). The Balaban J connectivity index is 2.02. The van der Waals surface area contributed by atoms with Crippen LogP contribution in [0.3, 0.4) is 0 Å². The molecule has 0 radical (unpaired) electrons. The Kier molecular flexibility index (Phi) is 3.34. The zero-order valence-corrected chi connectivity index (χ0v) is 9.26. The van der Waals surface area contributed by atoms with Gasteiger partial charge in [0.15, 0.2) is 0 Å². The van der Waals surface area contributed by atoms with Gasteiger partial charge in [-0.2, -0.15) is 0 Å². The van der Waals surface area contributed by atoms with Crippen LogP contribution in [0.1, 0.15) is 0 Å². The van der Waals surface area contributed by atoms with Crippen molar-refractivity contribution in [2.45, 2.75) is 6.54 Å². The molecule has 1 fully saturated rings. The molecule has 0 aliphatic carbocycles. The molecule has 1 aliphatic heterocycles. The van der Waals surface area contributed by atoms with E-state index in [1.54, 1.807) is 18.3 Å². The Morgan fingerprint density at radius 2 is 1.76 bits per heavy atom. The number of aromatic nitrogens is 1. The second kappa shape index (κ2) is 4.92. The molecule has 2 amide bonds. The molecular weight excluding hydrogens is 222 g/mol. The first-order valence-corrected chi connectivity index (χ1v) is 5.38. The molecule has 0 unspecified atom stereocenters. The number of carbonyl (C=O) groups is 2. The molecule has 0 spiro atoms. The predicted molar refractivity (Wildman–Crippen MR) is 60.3 cm³/mol. The monoisotopic (exact) mass is 235 g/mol. The van der Waals surface area contributed by atoms with Crippen LogP contribution in [0.4, 0.5) is 0 Å². The Labute approximate surface area is 97.8 Å². The Morgan fingerprint density at radius 3 is 2.41 bits per heavy atom. The lowest BCUT2D eigenvalue weighted by Crippen LogP contribution is -2.53. The van der Waals surface area contributed by atoms with Gasteiger partial charge in [-0.25, -0.2) is 0 Å². The lowest BCUT2D eigenvalue weighted by molar-refractivity contribution is -0.146. The fourth-order valence-electron chi connectivity index (χ4n) is 1.71. The van der Waals surface area contributed by atoms with E-state index in [-0.39, 0.29) is 37.0 Å². The first-order valence-electron chi connectivity index (χ1n) is 5.38. The SMILES string of the molecule is O=C1CNCC(=O)N1CCn1ccccc1=O. The minimum atomic E-state index is -0.245. The number of nitrogens with zero attached hydrogens (tertiary/aromatic N) is 2. The number of pyridine rings is 1. The van der Waals surface area contributed by atoms with Crippen LogP contribution in [0.15, 0.2) is 29.2 Å². The largest absolute Gasteiger partial charge is 0.314 e. The maximum absolute atomic E-state index is 11.5. The summed E-state index contributed by atoms with van der Waals surface area (Å²) in [5.41, 5.74) is -0.137. The van der Waals surface area contributed by atoms with Gasteiger partial charge in [0, 0.05) is 25.4 Å². The smallest absolute Gasteiger partial charge is 0.250 e. The van der Waals surface area contributed by atoms with E-state index in [2.05, 4.69) is 5.32 Å². The lowest BCUT2D eigenvalue weighted by atomic mass is 10.3. The summed E-state index contributed by atoms with van der Waals surface area (Å²) in [6.45, 7) is 0.922. The van der Waals surface area contributed by atoms with Crippen molar-refractivity contribution in [1.29, 1.82) is 0 Å². The summed E-state index contributed by atoms with van der Waals surface area (Å²) in [4.78, 5) is 35.5. The maximum Gasteiger partial charge on any atom is 0.250 e. The highest BCUT2D eigenvalue weighted by molar-refractivity contribution is 5.99. The Bertz CT molecular complexity index is 479. The van der Waals surface area contributed by atoms with Crippen molar-refractivity contribution in [2.75, 3.05) is 19.6 Å². The van der Waals surface area contributed by atoms with E-state index in [0.717, 1.165) is 0 Å². The second-order valence-electron chi connectivity index (χ2n) is 3.77. The lowest BCUT2D eigenvalue weighted by Gasteiger charge is -2.25. The third-order valence-electron chi connectivity index (χ3n) is 2.62. The number of nitrogens with one attached hydrogen (secondary N) is 1. The number of carbonyl (C=O) groups excluding carboxylic acids is 2. The van der Waals surface area contributed by atoms with Crippen molar-refractivity contribution in [3.8, 4) is 0 Å². The minimum Gasteiger partial charge on any atom is -0.314 e. The average Bonchev–Trinajstić information content (AvgIpc) is 2.30. The number of rotatable bonds is 3. The molecule has 1 aromatic rings. The van der Waals surface area contributed by atoms with Crippen LogP contribution in [0.2, 0.25) is 0 Å². The van der Waals surface area contributed by atoms with Gasteiger partial charge in [-0.3, -0.25) is 24.6 Å². The van der Waals surface area contributed by atoms with Crippen molar-refractivity contribution in [3.63, 3.8) is 0 Å². The van der Waals surface area contributed by atoms with Crippen molar-refractivity contribution < 1.29 is 9.59 Å². The van der Waals surface area contributed by atoms with Gasteiger partial charge in [0.2, 0.25) is 11.8 Å². The summed E-state index contributed by atoms with van der Waals surface area (Å²) in [6.07, 6.45) is 1.64. The second-order valence-corrected chi connectivity index (χ2v) is 3.77. The van der Waals surface area contributed by atoms with E-state index < -0.39 is 0 Å². The summed E-state index contributed by atoms with van der Waals surface area (Å²) < 4.78 is 1.47. The molecule has 0 aromatic carbocycles. The van der Waals surface area contributed by atoms with Crippen molar-refractivity contribution in [2.24, 2.45) is 0 Å². The Morgan fingerprint density at radius 1 is 1.06 bits per heavy atom. The highest BCUT2D eigenvalue weighted by atomic mass is 16.2. The van der Waals surface area contributed by atoms with Crippen LogP contribution in [-0.2, 0) is 16.1 Å². The van der Waals surface area contributed by atoms with Crippen LogP contribution >= 0.6 is 0 Å². The molecule has 1 N–H and O–H groups in total. The number of piperazine rings is 1. The van der Waals surface area contributed by atoms with Crippen molar-refractivity contribution in [1.82, 2.24) is 14.8 Å². The van der Waals surface area contributed by atoms with E-state index in [9.17, 15) is 14.4 Å². The molecule has 17 heavy (non-hydrogen) atoms. The fraction of sp³-hybridized carbons (Fsp3) is 0.364. The molecule has 6 nitrogen and oxygen atoms in total. The number of hydrogen-bond donors (Lipinski definition) is 1. The first kappa shape index (κ1) is 11.5. The number of imide groups is 1. The van der Waals surface area contributed by atoms with Gasteiger partial charge in [0.25, 0.3) is 5.56 Å². The minimum absolute atomic E-state index is 0.137. The third kappa shape index (κ3) is 2.59. The predicted octanol–water partition coefficient (Wildman–Crippen LogP) is -1.19. The topological polar surface area (TPSA) is 71.4 Å². The molecule has 6 heteroatoms. The Hall–Kier alpha value is -1.95. The van der Waals surface area contributed by atoms with Crippen molar-refractivity contribution >= 4 is 11.8 Å². The highest BCUT2D eigenvalue weighted by Crippen LogP contribution is 1.97. The van der Waals surface area contributed by atoms with Gasteiger partial charge >= 0.3 is 0 Å². The normalized spacial score (nSPS) is 16.4. The summed E-state index contributed by atoms with van der Waals surface area (Å²) in [5, 5.41) is 2.71. The molecule has 0 atom stereocenters. The highest BCUT2D eigenvalue weighted by Gasteiger charge is 2.24. The standard InChI is InChI=1S/C11H13N3O3/c15-9-3-1-2-4-13(9)5-6-14-10(16)7-12-8-11(14)17/h1-4,12H,5-8H2. The molecule has 0 saturated carbocycles. The molecule has 1 aliphatic rings. The fourth-order valence-corrected chi connectivity index (χ4v) is 1.71. The van der Waals surface area contributed by atoms with Crippen LogP contribution in [-0.4, -0.2) is 40.9 Å². The van der Waals surface area contributed by atoms with E-state index >= 15 is 0 Å². The summed E-state index contributed by atoms with van der Waals surface area (Å²) in [6, 6.07) is 4.84. The van der Waals surface area contributed by atoms with Gasteiger partial charge in [-0.15, -0.1) is 0 Å². The van der Waals surface area contributed by atoms with E-state index in [0.29, 0.717) is 6.54 Å². The van der Waals surface area contributed by atoms with Gasteiger partial charge in [0.05, 0.1) is 13.1 Å². The molecule has 2 heterocycles. The average molecular weight is 235 g/mol. The zero-order valence-electron chi connectivity index (χ0n) is 9.26. The molecule has 1 saturated heterocycles. The summed E-state index contributed by atoms with van der Waals surface area (Å²) in [5.74, 6) is -0.490. The maximum atomic E-state index is 11.5. The molecular formula is C11H13N3O3. The van der Waals surface area contributed by atoms with Crippen LogP contribution in [0.5, 0.6) is 0 Å². The van der Waals surface area contributed by atoms with Crippen molar-refractivity contribution in [3.05, 3.63) is 34.7 Å². The van der Waals surface area contributed by atoms with E-state index in [1.165, 1.54) is 15.5 Å². The van der Waals surface area contributed by atoms with Gasteiger partial charge in [-0.05, 0) is 6.07 Å². The van der Waals surface area contributed by atoms with E-state index in [1.807, 2.05) is 0 Å².